The Balaban J connectivity index is 2.31. The average molecular weight is 218 g/mol. The van der Waals surface area contributed by atoms with Gasteiger partial charge in [0, 0.05) is 0 Å². The van der Waals surface area contributed by atoms with Crippen LogP contribution in [0.3, 0.4) is 0 Å². The summed E-state index contributed by atoms with van der Waals surface area (Å²) >= 11 is 0. The summed E-state index contributed by atoms with van der Waals surface area (Å²) in [5, 5.41) is 0. The van der Waals surface area contributed by atoms with Crippen LogP contribution in [0.1, 0.15) is 25.0 Å². The van der Waals surface area contributed by atoms with Gasteiger partial charge in [0.05, 0.1) is 0 Å². The fourth-order valence-electron chi connectivity index (χ4n) is 1.51. The monoisotopic (exact) mass is 218 g/mol. The minimum Gasteiger partial charge on any atom is -0.420 e. The Morgan fingerprint density at radius 3 is 2.31 bits per heavy atom. The molecule has 0 amide bonds. The quantitative estimate of drug-likeness (QED) is 0.678. The van der Waals surface area contributed by atoms with Gasteiger partial charge in [-0.25, -0.2) is 4.79 Å². The summed E-state index contributed by atoms with van der Waals surface area (Å²) < 4.78 is 10.0. The third-order valence-corrected chi connectivity index (χ3v) is 2.50. The van der Waals surface area contributed by atoms with Crippen molar-refractivity contribution in [2.75, 3.05) is 0 Å². The number of carbonyl (C=O) groups is 1. The van der Waals surface area contributed by atoms with Gasteiger partial charge in [-0.15, -0.1) is 0 Å². The number of rotatable bonds is 1. The molecule has 0 aromatic heterocycles. The third-order valence-electron chi connectivity index (χ3n) is 2.50. The molecule has 3 heteroatoms. The maximum atomic E-state index is 11.0. The molecule has 1 heterocycles. The Labute approximate surface area is 94.7 Å². The predicted molar refractivity (Wildman–Crippen MR) is 60.8 cm³/mol. The van der Waals surface area contributed by atoms with Crippen LogP contribution in [0.25, 0.3) is 6.08 Å². The Morgan fingerprint density at radius 2 is 1.81 bits per heavy atom. The molecule has 0 bridgehead atoms. The molecule has 1 aromatic rings. The van der Waals surface area contributed by atoms with Gasteiger partial charge in [0.25, 0.3) is 0 Å². The topological polar surface area (TPSA) is 35.5 Å². The lowest BCUT2D eigenvalue weighted by Crippen LogP contribution is -2.20. The van der Waals surface area contributed by atoms with Gasteiger partial charge in [0.1, 0.15) is 0 Å². The highest BCUT2D eigenvalue weighted by Crippen LogP contribution is 2.31. The smallest absolute Gasteiger partial charge is 0.420 e. The number of benzene rings is 1. The molecule has 3 nitrogen and oxygen atoms in total. The summed E-state index contributed by atoms with van der Waals surface area (Å²) in [6.07, 6.45) is 1.19. The van der Waals surface area contributed by atoms with Gasteiger partial charge in [-0.05, 0) is 32.4 Å². The zero-order valence-corrected chi connectivity index (χ0v) is 9.61. The Morgan fingerprint density at radius 1 is 1.19 bits per heavy atom. The van der Waals surface area contributed by atoms with Crippen LogP contribution < -0.4 is 0 Å². The van der Waals surface area contributed by atoms with Crippen molar-refractivity contribution in [3.63, 3.8) is 0 Å². The molecule has 0 N–H and O–H groups in total. The lowest BCUT2D eigenvalue weighted by molar-refractivity contribution is 0.0873. The lowest BCUT2D eigenvalue weighted by atomic mass is 10.0. The van der Waals surface area contributed by atoms with Crippen LogP contribution in [0.5, 0.6) is 0 Å². The van der Waals surface area contributed by atoms with Crippen molar-refractivity contribution in [3.8, 4) is 0 Å². The highest BCUT2D eigenvalue weighted by Gasteiger charge is 2.38. The average Bonchev–Trinajstić information content (AvgIpc) is 2.43. The van der Waals surface area contributed by atoms with E-state index in [-0.39, 0.29) is 0 Å². The van der Waals surface area contributed by atoms with Gasteiger partial charge in [0.15, 0.2) is 11.4 Å². The fraction of sp³-hybridized carbons (Fsp3) is 0.308. The van der Waals surface area contributed by atoms with E-state index in [4.69, 9.17) is 9.47 Å². The first kappa shape index (κ1) is 10.7. The number of cyclic esters (lactones) is 2. The van der Waals surface area contributed by atoms with Gasteiger partial charge in [-0.1, -0.05) is 29.8 Å². The van der Waals surface area contributed by atoms with Crippen molar-refractivity contribution >= 4 is 12.2 Å². The van der Waals surface area contributed by atoms with Crippen LogP contribution in [0.15, 0.2) is 30.0 Å². The molecule has 2 rings (SSSR count). The first-order valence-corrected chi connectivity index (χ1v) is 5.17. The first-order chi connectivity index (χ1) is 7.47. The Bertz CT molecular complexity index is 441. The molecule has 1 saturated heterocycles. The molecule has 84 valence electrons. The molecular weight excluding hydrogens is 204 g/mol. The van der Waals surface area contributed by atoms with Crippen LogP contribution in [-0.4, -0.2) is 11.8 Å². The summed E-state index contributed by atoms with van der Waals surface area (Å²) in [5.74, 6) is 0.543. The van der Waals surface area contributed by atoms with E-state index in [1.165, 1.54) is 5.56 Å². The molecule has 1 aromatic carbocycles. The van der Waals surface area contributed by atoms with Crippen LogP contribution in [-0.2, 0) is 9.47 Å². The van der Waals surface area contributed by atoms with E-state index in [0.717, 1.165) is 5.56 Å². The number of aryl methyl sites for hydroxylation is 1. The van der Waals surface area contributed by atoms with E-state index >= 15 is 0 Å². The van der Waals surface area contributed by atoms with Gasteiger partial charge in [0.2, 0.25) is 0 Å². The minimum absolute atomic E-state index is 0.543. The van der Waals surface area contributed by atoms with Gasteiger partial charge in [-0.2, -0.15) is 0 Å². The molecule has 0 unspecified atom stereocenters. The number of hydrogen-bond acceptors (Lipinski definition) is 3. The largest absolute Gasteiger partial charge is 0.514 e. The summed E-state index contributed by atoms with van der Waals surface area (Å²) in [7, 11) is 0. The van der Waals surface area contributed by atoms with Crippen molar-refractivity contribution in [1.29, 1.82) is 0 Å². The molecule has 16 heavy (non-hydrogen) atoms. The number of hydrogen-bond donors (Lipinski definition) is 0. The standard InChI is InChI=1S/C13H14O3/c1-9-4-6-10(7-5-9)8-11-13(2,3)16-12(14)15-11/h4-8H,1-3H3/b11-8+. The maximum absolute atomic E-state index is 11.0. The van der Waals surface area contributed by atoms with Gasteiger partial charge < -0.3 is 9.47 Å². The minimum atomic E-state index is -0.679. The SMILES string of the molecule is Cc1ccc(/C=C2/OC(=O)OC2(C)C)cc1. The number of ether oxygens (including phenoxy) is 2. The van der Waals surface area contributed by atoms with Crippen molar-refractivity contribution in [1.82, 2.24) is 0 Å². The Kier molecular flexibility index (Phi) is 2.46. The fourth-order valence-corrected chi connectivity index (χ4v) is 1.51. The first-order valence-electron chi connectivity index (χ1n) is 5.17. The molecule has 1 aliphatic rings. The van der Waals surface area contributed by atoms with Crippen molar-refractivity contribution in [2.24, 2.45) is 0 Å². The second kappa shape index (κ2) is 3.67. The van der Waals surface area contributed by atoms with E-state index in [2.05, 4.69) is 0 Å². The molecule has 0 aliphatic carbocycles. The van der Waals surface area contributed by atoms with Crippen molar-refractivity contribution in [2.45, 2.75) is 26.4 Å². The summed E-state index contributed by atoms with van der Waals surface area (Å²) in [4.78, 5) is 11.0. The molecule has 0 radical (unpaired) electrons. The van der Waals surface area contributed by atoms with E-state index in [1.54, 1.807) is 13.8 Å². The second-order valence-electron chi connectivity index (χ2n) is 4.38. The highest BCUT2D eigenvalue weighted by atomic mass is 16.8. The van der Waals surface area contributed by atoms with Crippen molar-refractivity contribution < 1.29 is 14.3 Å². The van der Waals surface area contributed by atoms with Crippen LogP contribution in [0.4, 0.5) is 4.79 Å². The van der Waals surface area contributed by atoms with Crippen LogP contribution >= 0.6 is 0 Å². The van der Waals surface area contributed by atoms with E-state index in [1.807, 2.05) is 37.3 Å². The van der Waals surface area contributed by atoms with E-state index in [0.29, 0.717) is 5.76 Å². The molecule has 0 spiro atoms. The molecular formula is C13H14O3. The lowest BCUT2D eigenvalue weighted by Gasteiger charge is -2.13. The van der Waals surface area contributed by atoms with Gasteiger partial charge in [-0.3, -0.25) is 0 Å². The second-order valence-corrected chi connectivity index (χ2v) is 4.38. The maximum Gasteiger partial charge on any atom is 0.514 e. The Hall–Kier alpha value is -1.77. The van der Waals surface area contributed by atoms with Crippen LogP contribution in [0.2, 0.25) is 0 Å². The highest BCUT2D eigenvalue weighted by molar-refractivity contribution is 5.69. The number of carbonyl (C=O) groups excluding carboxylic acids is 1. The molecule has 1 fully saturated rings. The predicted octanol–water partition coefficient (Wildman–Crippen LogP) is 3.28. The van der Waals surface area contributed by atoms with E-state index in [9.17, 15) is 4.79 Å². The van der Waals surface area contributed by atoms with E-state index < -0.39 is 11.8 Å². The summed E-state index contributed by atoms with van der Waals surface area (Å²) in [5.41, 5.74) is 1.51. The van der Waals surface area contributed by atoms with Gasteiger partial charge >= 0.3 is 6.16 Å². The zero-order valence-electron chi connectivity index (χ0n) is 9.61. The third kappa shape index (κ3) is 2.08. The summed E-state index contributed by atoms with van der Waals surface area (Å²) in [6, 6.07) is 7.98. The summed E-state index contributed by atoms with van der Waals surface area (Å²) in [6.45, 7) is 5.63. The molecule has 1 aliphatic heterocycles. The molecule has 0 atom stereocenters. The van der Waals surface area contributed by atoms with Crippen LogP contribution in [0, 0.1) is 6.92 Å². The normalized spacial score (nSPS) is 20.7. The molecule has 0 saturated carbocycles. The van der Waals surface area contributed by atoms with Crippen molar-refractivity contribution in [3.05, 3.63) is 41.2 Å². The zero-order chi connectivity index (χ0) is 11.8.